The highest BCUT2D eigenvalue weighted by molar-refractivity contribution is 5.94. The Kier molecular flexibility index (Phi) is 5.58. The summed E-state index contributed by atoms with van der Waals surface area (Å²) in [6.45, 7) is 6.17. The molecule has 2 saturated heterocycles. The van der Waals surface area contributed by atoms with Crippen LogP contribution < -0.4 is 15.1 Å². The molecule has 0 bridgehead atoms. The molecule has 1 N–H and O–H groups in total. The monoisotopic (exact) mass is 365 g/mol. The highest BCUT2D eigenvalue weighted by atomic mass is 16.5. The van der Waals surface area contributed by atoms with Gasteiger partial charge in [0.25, 0.3) is 5.91 Å². The lowest BCUT2D eigenvalue weighted by atomic mass is 10.1. The SMILES string of the molecule is O=C(NCc1ccc(N2CCCC2)cc1)c1ccc(N2CCOCC2)cc1. The Morgan fingerprint density at radius 3 is 2.00 bits per heavy atom. The van der Waals surface area contributed by atoms with Crippen molar-refractivity contribution in [2.45, 2.75) is 19.4 Å². The Morgan fingerprint density at radius 2 is 1.37 bits per heavy atom. The first kappa shape index (κ1) is 17.9. The molecule has 2 fully saturated rings. The van der Waals surface area contributed by atoms with Crippen LogP contribution in [0.3, 0.4) is 0 Å². The number of carbonyl (C=O) groups is 1. The number of benzene rings is 2. The second-order valence-corrected chi connectivity index (χ2v) is 7.19. The molecule has 0 aliphatic carbocycles. The molecule has 5 heteroatoms. The van der Waals surface area contributed by atoms with E-state index in [2.05, 4.69) is 39.4 Å². The minimum Gasteiger partial charge on any atom is -0.378 e. The van der Waals surface area contributed by atoms with E-state index < -0.39 is 0 Å². The zero-order chi connectivity index (χ0) is 18.5. The first-order valence-electron chi connectivity index (χ1n) is 9.84. The largest absolute Gasteiger partial charge is 0.378 e. The average Bonchev–Trinajstić information content (AvgIpc) is 3.28. The number of ether oxygens (including phenoxy) is 1. The number of rotatable bonds is 5. The number of amides is 1. The molecule has 0 spiro atoms. The highest BCUT2D eigenvalue weighted by Gasteiger charge is 2.13. The average molecular weight is 365 g/mol. The van der Waals surface area contributed by atoms with Crippen LogP contribution in [0.2, 0.25) is 0 Å². The molecule has 5 nitrogen and oxygen atoms in total. The lowest BCUT2D eigenvalue weighted by Gasteiger charge is -2.28. The summed E-state index contributed by atoms with van der Waals surface area (Å²) < 4.78 is 5.38. The van der Waals surface area contributed by atoms with Gasteiger partial charge in [-0.25, -0.2) is 0 Å². The summed E-state index contributed by atoms with van der Waals surface area (Å²) in [4.78, 5) is 17.1. The molecular weight excluding hydrogens is 338 g/mol. The normalized spacial score (nSPS) is 17.2. The molecule has 2 aromatic carbocycles. The number of nitrogens with zero attached hydrogens (tertiary/aromatic N) is 2. The van der Waals surface area contributed by atoms with E-state index in [1.807, 2.05) is 24.3 Å². The Bertz CT molecular complexity index is 746. The molecule has 0 aromatic heterocycles. The molecule has 1 amide bonds. The van der Waals surface area contributed by atoms with Crippen molar-refractivity contribution >= 4 is 17.3 Å². The van der Waals surface area contributed by atoms with Crippen LogP contribution in [0.25, 0.3) is 0 Å². The molecule has 2 aromatic rings. The highest BCUT2D eigenvalue weighted by Crippen LogP contribution is 2.20. The molecule has 2 heterocycles. The third-order valence-electron chi connectivity index (χ3n) is 5.37. The second-order valence-electron chi connectivity index (χ2n) is 7.19. The van der Waals surface area contributed by atoms with E-state index in [0.29, 0.717) is 12.1 Å². The van der Waals surface area contributed by atoms with Crippen LogP contribution in [0, 0.1) is 0 Å². The van der Waals surface area contributed by atoms with Crippen LogP contribution in [-0.2, 0) is 11.3 Å². The van der Waals surface area contributed by atoms with Crippen LogP contribution in [0.1, 0.15) is 28.8 Å². The maximum Gasteiger partial charge on any atom is 0.251 e. The maximum atomic E-state index is 12.4. The van der Waals surface area contributed by atoms with Crippen molar-refractivity contribution in [3.8, 4) is 0 Å². The number of carbonyl (C=O) groups excluding carboxylic acids is 1. The molecular formula is C22H27N3O2. The van der Waals surface area contributed by atoms with Crippen LogP contribution in [-0.4, -0.2) is 45.3 Å². The molecule has 0 unspecified atom stereocenters. The van der Waals surface area contributed by atoms with E-state index in [1.165, 1.54) is 18.5 Å². The number of anilines is 2. The number of morpholine rings is 1. The maximum absolute atomic E-state index is 12.4. The van der Waals surface area contributed by atoms with Gasteiger partial charge in [0.05, 0.1) is 13.2 Å². The number of hydrogen-bond donors (Lipinski definition) is 1. The lowest BCUT2D eigenvalue weighted by Crippen LogP contribution is -2.36. The van der Waals surface area contributed by atoms with Crippen molar-refractivity contribution in [3.63, 3.8) is 0 Å². The van der Waals surface area contributed by atoms with E-state index in [9.17, 15) is 4.79 Å². The summed E-state index contributed by atoms with van der Waals surface area (Å²) in [7, 11) is 0. The van der Waals surface area contributed by atoms with Gasteiger partial charge in [0.2, 0.25) is 0 Å². The fourth-order valence-corrected chi connectivity index (χ4v) is 3.73. The third-order valence-corrected chi connectivity index (χ3v) is 5.37. The molecule has 0 atom stereocenters. The van der Waals surface area contributed by atoms with Crippen molar-refractivity contribution in [3.05, 3.63) is 59.7 Å². The minimum atomic E-state index is -0.0350. The summed E-state index contributed by atoms with van der Waals surface area (Å²) in [5, 5.41) is 3.02. The first-order chi connectivity index (χ1) is 13.3. The van der Waals surface area contributed by atoms with Gasteiger partial charge >= 0.3 is 0 Å². The summed E-state index contributed by atoms with van der Waals surface area (Å²) in [6.07, 6.45) is 2.56. The smallest absolute Gasteiger partial charge is 0.251 e. The van der Waals surface area contributed by atoms with Gasteiger partial charge in [0.1, 0.15) is 0 Å². The van der Waals surface area contributed by atoms with E-state index in [1.54, 1.807) is 0 Å². The summed E-state index contributed by atoms with van der Waals surface area (Å²) in [5.41, 5.74) is 4.24. The predicted octanol–water partition coefficient (Wildman–Crippen LogP) is 3.05. The summed E-state index contributed by atoms with van der Waals surface area (Å²) in [6, 6.07) is 16.4. The van der Waals surface area contributed by atoms with Crippen LogP contribution in [0.5, 0.6) is 0 Å². The third kappa shape index (κ3) is 4.42. The Balaban J connectivity index is 1.30. The molecule has 2 aliphatic heterocycles. The van der Waals surface area contributed by atoms with Gasteiger partial charge < -0.3 is 19.9 Å². The zero-order valence-electron chi connectivity index (χ0n) is 15.7. The molecule has 0 radical (unpaired) electrons. The van der Waals surface area contributed by atoms with E-state index in [4.69, 9.17) is 4.74 Å². The second kappa shape index (κ2) is 8.44. The van der Waals surface area contributed by atoms with E-state index >= 15 is 0 Å². The minimum absolute atomic E-state index is 0.0350. The molecule has 2 aliphatic rings. The first-order valence-corrected chi connectivity index (χ1v) is 9.84. The summed E-state index contributed by atoms with van der Waals surface area (Å²) >= 11 is 0. The van der Waals surface area contributed by atoms with Gasteiger partial charge in [-0.15, -0.1) is 0 Å². The topological polar surface area (TPSA) is 44.8 Å². The Hall–Kier alpha value is -2.53. The quantitative estimate of drug-likeness (QED) is 0.885. The Labute approximate surface area is 160 Å². The number of nitrogens with one attached hydrogen (secondary N) is 1. The van der Waals surface area contributed by atoms with Crippen LogP contribution in [0.15, 0.2) is 48.5 Å². The standard InChI is InChI=1S/C22H27N3O2/c26-22(19-5-9-21(10-6-19)25-13-15-27-16-14-25)23-17-18-3-7-20(8-4-18)24-11-1-2-12-24/h3-10H,1-2,11-17H2,(H,23,26). The zero-order valence-corrected chi connectivity index (χ0v) is 15.7. The molecule has 4 rings (SSSR count). The van der Waals surface area contributed by atoms with E-state index in [0.717, 1.165) is 50.6 Å². The lowest BCUT2D eigenvalue weighted by molar-refractivity contribution is 0.0951. The van der Waals surface area contributed by atoms with Gasteiger partial charge in [-0.05, 0) is 54.8 Å². The fourth-order valence-electron chi connectivity index (χ4n) is 3.73. The summed E-state index contributed by atoms with van der Waals surface area (Å²) in [5.74, 6) is -0.0350. The van der Waals surface area contributed by atoms with Crippen molar-refractivity contribution < 1.29 is 9.53 Å². The fraction of sp³-hybridized carbons (Fsp3) is 0.409. The molecule has 142 valence electrons. The van der Waals surface area contributed by atoms with Crippen LogP contribution >= 0.6 is 0 Å². The number of hydrogen-bond acceptors (Lipinski definition) is 4. The van der Waals surface area contributed by atoms with Crippen molar-refractivity contribution in [2.75, 3.05) is 49.2 Å². The van der Waals surface area contributed by atoms with Crippen molar-refractivity contribution in [1.29, 1.82) is 0 Å². The van der Waals surface area contributed by atoms with Crippen LogP contribution in [0.4, 0.5) is 11.4 Å². The van der Waals surface area contributed by atoms with Gasteiger partial charge in [-0.3, -0.25) is 4.79 Å². The molecule has 0 saturated carbocycles. The van der Waals surface area contributed by atoms with Gasteiger partial charge in [-0.2, -0.15) is 0 Å². The molecule has 27 heavy (non-hydrogen) atoms. The van der Waals surface area contributed by atoms with Gasteiger partial charge in [0.15, 0.2) is 0 Å². The van der Waals surface area contributed by atoms with Gasteiger partial charge in [0, 0.05) is 49.7 Å². The predicted molar refractivity (Wildman–Crippen MR) is 109 cm³/mol. The van der Waals surface area contributed by atoms with E-state index in [-0.39, 0.29) is 5.91 Å². The van der Waals surface area contributed by atoms with Crippen molar-refractivity contribution in [2.24, 2.45) is 0 Å². The Morgan fingerprint density at radius 1 is 0.815 bits per heavy atom. The van der Waals surface area contributed by atoms with Gasteiger partial charge in [-0.1, -0.05) is 12.1 Å². The van der Waals surface area contributed by atoms with Crippen molar-refractivity contribution in [1.82, 2.24) is 5.32 Å².